The van der Waals surface area contributed by atoms with Gasteiger partial charge in [-0.3, -0.25) is 14.6 Å². The second-order valence-electron chi connectivity index (χ2n) is 2.87. The summed E-state index contributed by atoms with van der Waals surface area (Å²) in [6, 6.07) is 4.55. The third-order valence-electron chi connectivity index (χ3n) is 1.84. The number of H-pyrrole nitrogens is 1. The summed E-state index contributed by atoms with van der Waals surface area (Å²) >= 11 is 0. The molecule has 0 saturated carbocycles. The molecule has 0 radical (unpaired) electrons. The fourth-order valence-electron chi connectivity index (χ4n) is 1.18. The van der Waals surface area contributed by atoms with Crippen LogP contribution in [0.2, 0.25) is 0 Å². The van der Waals surface area contributed by atoms with E-state index in [2.05, 4.69) is 15.0 Å². The van der Waals surface area contributed by atoms with E-state index in [4.69, 9.17) is 0 Å². The monoisotopic (exact) mass is 201 g/mol. The lowest BCUT2D eigenvalue weighted by Gasteiger charge is -1.99. The van der Waals surface area contributed by atoms with Crippen molar-refractivity contribution >= 4 is 6.29 Å². The first-order valence-electron chi connectivity index (χ1n) is 4.26. The smallest absolute Gasteiger partial charge is 0.251 e. The van der Waals surface area contributed by atoms with Gasteiger partial charge in [0, 0.05) is 24.0 Å². The molecule has 2 heterocycles. The number of hydrogen-bond acceptors (Lipinski definition) is 4. The van der Waals surface area contributed by atoms with Crippen LogP contribution >= 0.6 is 0 Å². The average Bonchev–Trinajstić information content (AvgIpc) is 2.29. The SMILES string of the molecule is O=Cc1cc(=O)[nH]c(-c2ccncc2)n1. The number of rotatable bonds is 2. The molecule has 74 valence electrons. The molecule has 0 bridgehead atoms. The van der Waals surface area contributed by atoms with Gasteiger partial charge in [0.1, 0.15) is 11.5 Å². The number of nitrogens with zero attached hydrogens (tertiary/aromatic N) is 2. The minimum Gasteiger partial charge on any atom is -0.306 e. The van der Waals surface area contributed by atoms with Crippen molar-refractivity contribution in [3.8, 4) is 11.4 Å². The van der Waals surface area contributed by atoms with E-state index in [1.54, 1.807) is 24.5 Å². The Bertz CT molecular complexity index is 534. The Morgan fingerprint density at radius 2 is 2.00 bits per heavy atom. The third kappa shape index (κ3) is 1.96. The highest BCUT2D eigenvalue weighted by atomic mass is 16.1. The number of nitrogens with one attached hydrogen (secondary N) is 1. The van der Waals surface area contributed by atoms with Gasteiger partial charge in [-0.25, -0.2) is 4.98 Å². The van der Waals surface area contributed by atoms with Gasteiger partial charge >= 0.3 is 0 Å². The molecule has 0 fully saturated rings. The standard InChI is InChI=1S/C10H7N3O2/c14-6-8-5-9(15)13-10(12-8)7-1-3-11-4-2-7/h1-6H,(H,12,13,15). The van der Waals surface area contributed by atoms with Crippen molar-refractivity contribution in [2.45, 2.75) is 0 Å². The molecular formula is C10H7N3O2. The largest absolute Gasteiger partial charge is 0.306 e. The molecule has 0 spiro atoms. The van der Waals surface area contributed by atoms with E-state index in [9.17, 15) is 9.59 Å². The van der Waals surface area contributed by atoms with Crippen LogP contribution in [0.5, 0.6) is 0 Å². The normalized spacial score (nSPS) is 9.87. The van der Waals surface area contributed by atoms with Crippen molar-refractivity contribution in [1.82, 2.24) is 15.0 Å². The van der Waals surface area contributed by atoms with Crippen LogP contribution in [-0.2, 0) is 0 Å². The van der Waals surface area contributed by atoms with Crippen LogP contribution in [0.3, 0.4) is 0 Å². The zero-order valence-corrected chi connectivity index (χ0v) is 7.68. The van der Waals surface area contributed by atoms with Crippen molar-refractivity contribution in [2.24, 2.45) is 0 Å². The van der Waals surface area contributed by atoms with Crippen molar-refractivity contribution in [3.05, 3.63) is 46.6 Å². The Balaban J connectivity index is 2.59. The molecule has 5 nitrogen and oxygen atoms in total. The maximum absolute atomic E-state index is 11.2. The van der Waals surface area contributed by atoms with E-state index >= 15 is 0 Å². The molecule has 2 aromatic rings. The summed E-state index contributed by atoms with van der Waals surface area (Å²) in [6.07, 6.45) is 3.71. The predicted molar refractivity (Wildman–Crippen MR) is 53.5 cm³/mol. The van der Waals surface area contributed by atoms with Crippen LogP contribution in [0.15, 0.2) is 35.4 Å². The molecular weight excluding hydrogens is 194 g/mol. The van der Waals surface area contributed by atoms with Gasteiger partial charge in [-0.05, 0) is 12.1 Å². The first-order valence-corrected chi connectivity index (χ1v) is 4.26. The highest BCUT2D eigenvalue weighted by molar-refractivity contribution is 5.72. The zero-order valence-electron chi connectivity index (χ0n) is 7.68. The lowest BCUT2D eigenvalue weighted by molar-refractivity contribution is 0.111. The minimum absolute atomic E-state index is 0.116. The molecule has 0 unspecified atom stereocenters. The number of pyridine rings is 1. The van der Waals surface area contributed by atoms with E-state index in [0.29, 0.717) is 17.7 Å². The summed E-state index contributed by atoms with van der Waals surface area (Å²) in [5.74, 6) is 0.368. The van der Waals surface area contributed by atoms with Crippen molar-refractivity contribution in [2.75, 3.05) is 0 Å². The van der Waals surface area contributed by atoms with Crippen LogP contribution in [0, 0.1) is 0 Å². The van der Waals surface area contributed by atoms with Gasteiger partial charge in [0.2, 0.25) is 0 Å². The van der Waals surface area contributed by atoms with Crippen LogP contribution in [0.1, 0.15) is 10.5 Å². The summed E-state index contributed by atoms with van der Waals surface area (Å²) in [4.78, 5) is 32.1. The van der Waals surface area contributed by atoms with Gasteiger partial charge in [0.15, 0.2) is 6.29 Å². The summed E-state index contributed by atoms with van der Waals surface area (Å²) in [5.41, 5.74) is 0.482. The number of aldehydes is 1. The number of aromatic nitrogens is 3. The first-order chi connectivity index (χ1) is 7.29. The van der Waals surface area contributed by atoms with Gasteiger partial charge in [0.05, 0.1) is 0 Å². The fraction of sp³-hybridized carbons (Fsp3) is 0. The Morgan fingerprint density at radius 3 is 2.67 bits per heavy atom. The molecule has 0 aliphatic heterocycles. The molecule has 2 aromatic heterocycles. The number of carbonyl (C=O) groups is 1. The second-order valence-corrected chi connectivity index (χ2v) is 2.87. The maximum Gasteiger partial charge on any atom is 0.251 e. The Kier molecular flexibility index (Phi) is 2.37. The lowest BCUT2D eigenvalue weighted by atomic mass is 10.2. The van der Waals surface area contributed by atoms with E-state index in [1.165, 1.54) is 0 Å². The van der Waals surface area contributed by atoms with Crippen molar-refractivity contribution in [3.63, 3.8) is 0 Å². The average molecular weight is 201 g/mol. The topological polar surface area (TPSA) is 75.7 Å². The molecule has 5 heteroatoms. The Hall–Kier alpha value is -2.30. The Labute approximate surface area is 84.8 Å². The third-order valence-corrected chi connectivity index (χ3v) is 1.84. The van der Waals surface area contributed by atoms with Crippen LogP contribution in [0.25, 0.3) is 11.4 Å². The number of carbonyl (C=O) groups excluding carboxylic acids is 1. The number of hydrogen-bond donors (Lipinski definition) is 1. The summed E-state index contributed by atoms with van der Waals surface area (Å²) < 4.78 is 0. The number of aromatic amines is 1. The molecule has 0 aliphatic rings. The van der Waals surface area contributed by atoms with Crippen LogP contribution in [-0.4, -0.2) is 21.2 Å². The molecule has 0 amide bonds. The second kappa shape index (κ2) is 3.83. The summed E-state index contributed by atoms with van der Waals surface area (Å²) in [6.45, 7) is 0. The predicted octanol–water partition coefficient (Wildman–Crippen LogP) is 0.644. The van der Waals surface area contributed by atoms with E-state index in [1.807, 2.05) is 0 Å². The first kappa shape index (κ1) is 9.26. The van der Waals surface area contributed by atoms with Gasteiger partial charge in [-0.2, -0.15) is 0 Å². The maximum atomic E-state index is 11.2. The molecule has 0 aliphatic carbocycles. The molecule has 0 saturated heterocycles. The van der Waals surface area contributed by atoms with Crippen molar-refractivity contribution in [1.29, 1.82) is 0 Å². The van der Waals surface area contributed by atoms with Gasteiger partial charge in [0.25, 0.3) is 5.56 Å². The van der Waals surface area contributed by atoms with E-state index in [0.717, 1.165) is 6.07 Å². The van der Waals surface area contributed by atoms with Gasteiger partial charge in [-0.1, -0.05) is 0 Å². The fourth-order valence-corrected chi connectivity index (χ4v) is 1.18. The summed E-state index contributed by atoms with van der Waals surface area (Å²) in [7, 11) is 0. The summed E-state index contributed by atoms with van der Waals surface area (Å²) in [5, 5.41) is 0. The molecule has 1 N–H and O–H groups in total. The van der Waals surface area contributed by atoms with Crippen LogP contribution in [0.4, 0.5) is 0 Å². The van der Waals surface area contributed by atoms with Crippen molar-refractivity contribution < 1.29 is 4.79 Å². The molecule has 0 atom stereocenters. The minimum atomic E-state index is -0.348. The van der Waals surface area contributed by atoms with Crippen LogP contribution < -0.4 is 5.56 Å². The molecule has 15 heavy (non-hydrogen) atoms. The highest BCUT2D eigenvalue weighted by Gasteiger charge is 2.02. The van der Waals surface area contributed by atoms with Gasteiger partial charge < -0.3 is 4.98 Å². The molecule has 0 aromatic carbocycles. The zero-order chi connectivity index (χ0) is 10.7. The van der Waals surface area contributed by atoms with E-state index in [-0.39, 0.29) is 11.3 Å². The lowest BCUT2D eigenvalue weighted by Crippen LogP contribution is -2.09. The van der Waals surface area contributed by atoms with E-state index < -0.39 is 0 Å². The van der Waals surface area contributed by atoms with Gasteiger partial charge in [-0.15, -0.1) is 0 Å². The Morgan fingerprint density at radius 1 is 1.27 bits per heavy atom. The highest BCUT2D eigenvalue weighted by Crippen LogP contribution is 2.10. The molecule has 2 rings (SSSR count). The quantitative estimate of drug-likeness (QED) is 0.723.